The van der Waals surface area contributed by atoms with Crippen molar-refractivity contribution >= 4 is 29.9 Å². The molecule has 0 saturated carbocycles. The highest BCUT2D eigenvalue weighted by atomic mass is 35.5. The zero-order chi connectivity index (χ0) is 18.5. The van der Waals surface area contributed by atoms with Crippen LogP contribution in [-0.4, -0.2) is 18.4 Å². The van der Waals surface area contributed by atoms with Crippen molar-refractivity contribution in [3.05, 3.63) is 59.2 Å². The van der Waals surface area contributed by atoms with E-state index in [0.29, 0.717) is 11.3 Å². The molecule has 6 nitrogen and oxygen atoms in total. The van der Waals surface area contributed by atoms with Crippen LogP contribution in [0.25, 0.3) is 0 Å². The van der Waals surface area contributed by atoms with Crippen molar-refractivity contribution in [1.29, 1.82) is 0 Å². The quantitative estimate of drug-likeness (QED) is 0.660. The van der Waals surface area contributed by atoms with Crippen molar-refractivity contribution in [1.82, 2.24) is 5.32 Å². The van der Waals surface area contributed by atoms with Gasteiger partial charge < -0.3 is 21.5 Å². The van der Waals surface area contributed by atoms with Crippen molar-refractivity contribution in [3.8, 4) is 5.75 Å². The highest BCUT2D eigenvalue weighted by Crippen LogP contribution is 2.31. The smallest absolute Gasteiger partial charge is 0.248 e. The number of hydrogen-bond donors (Lipinski definition) is 3. The predicted octanol–water partition coefficient (Wildman–Crippen LogP) is 2.75. The van der Waals surface area contributed by atoms with Crippen molar-refractivity contribution in [3.63, 3.8) is 0 Å². The average molecular weight is 390 g/mol. The lowest BCUT2D eigenvalue weighted by atomic mass is 9.87. The van der Waals surface area contributed by atoms with Crippen molar-refractivity contribution in [2.75, 3.05) is 12.3 Å². The molecule has 27 heavy (non-hydrogen) atoms. The molecular formula is C20H24ClN3O3. The van der Waals surface area contributed by atoms with Gasteiger partial charge in [0.05, 0.1) is 19.1 Å². The van der Waals surface area contributed by atoms with Crippen molar-refractivity contribution < 1.29 is 14.3 Å². The Bertz CT molecular complexity index is 826. The summed E-state index contributed by atoms with van der Waals surface area (Å²) in [6.45, 7) is 0.232. The molecule has 2 aromatic rings. The maximum atomic E-state index is 12.3. The van der Waals surface area contributed by atoms with Crippen LogP contribution in [0, 0.1) is 0 Å². The number of carbonyl (C=O) groups is 2. The molecule has 0 aromatic heterocycles. The van der Waals surface area contributed by atoms with E-state index in [-0.39, 0.29) is 37.4 Å². The fourth-order valence-electron chi connectivity index (χ4n) is 3.25. The topological polar surface area (TPSA) is 107 Å². The molecule has 0 aliphatic heterocycles. The molecule has 1 atom stereocenters. The lowest BCUT2D eigenvalue weighted by molar-refractivity contribution is -0.122. The second kappa shape index (κ2) is 9.28. The third-order valence-electron chi connectivity index (χ3n) is 4.53. The SMILES string of the molecule is Cl.NC(=O)c1cccc(OCCC(=O)NC2CCCc3cc(N)ccc32)c1. The van der Waals surface area contributed by atoms with Crippen LogP contribution in [0.15, 0.2) is 42.5 Å². The normalized spacial score (nSPS) is 15.2. The monoisotopic (exact) mass is 389 g/mol. The van der Waals surface area contributed by atoms with Crippen molar-refractivity contribution in [2.24, 2.45) is 5.73 Å². The molecule has 0 radical (unpaired) electrons. The second-order valence-corrected chi connectivity index (χ2v) is 6.46. The number of nitrogen functional groups attached to an aromatic ring is 1. The Morgan fingerprint density at radius 3 is 2.78 bits per heavy atom. The molecule has 0 heterocycles. The molecule has 2 aromatic carbocycles. The Balaban J connectivity index is 0.00000261. The Morgan fingerprint density at radius 2 is 2.00 bits per heavy atom. The van der Waals surface area contributed by atoms with Gasteiger partial charge in [0.1, 0.15) is 5.75 Å². The summed E-state index contributed by atoms with van der Waals surface area (Å²) >= 11 is 0. The number of carbonyl (C=O) groups excluding carboxylic acids is 2. The fourth-order valence-corrected chi connectivity index (χ4v) is 3.25. The van der Waals surface area contributed by atoms with Gasteiger partial charge in [-0.15, -0.1) is 12.4 Å². The van der Waals surface area contributed by atoms with E-state index >= 15 is 0 Å². The Kier molecular flexibility index (Phi) is 7.07. The molecule has 0 spiro atoms. The number of primary amides is 1. The van der Waals surface area contributed by atoms with E-state index in [1.54, 1.807) is 24.3 Å². The number of aryl methyl sites for hydroxylation is 1. The Morgan fingerprint density at radius 1 is 1.19 bits per heavy atom. The van der Waals surface area contributed by atoms with Gasteiger partial charge in [0, 0.05) is 11.3 Å². The van der Waals surface area contributed by atoms with E-state index in [9.17, 15) is 9.59 Å². The second-order valence-electron chi connectivity index (χ2n) is 6.46. The third-order valence-corrected chi connectivity index (χ3v) is 4.53. The molecule has 3 rings (SSSR count). The minimum Gasteiger partial charge on any atom is -0.493 e. The third kappa shape index (κ3) is 5.37. The van der Waals surface area contributed by atoms with Gasteiger partial charge in [-0.05, 0) is 60.7 Å². The molecule has 5 N–H and O–H groups in total. The first-order valence-corrected chi connectivity index (χ1v) is 8.73. The fraction of sp³-hybridized carbons (Fsp3) is 0.300. The van der Waals surface area contributed by atoms with Gasteiger partial charge in [0.2, 0.25) is 11.8 Å². The Hall–Kier alpha value is -2.73. The highest BCUT2D eigenvalue weighted by Gasteiger charge is 2.21. The molecular weight excluding hydrogens is 366 g/mol. The van der Waals surface area contributed by atoms with E-state index in [2.05, 4.69) is 5.32 Å². The van der Waals surface area contributed by atoms with Gasteiger partial charge in [-0.25, -0.2) is 0 Å². The number of hydrogen-bond acceptors (Lipinski definition) is 4. The lowest BCUT2D eigenvalue weighted by Crippen LogP contribution is -2.31. The molecule has 7 heteroatoms. The molecule has 0 bridgehead atoms. The van der Waals surface area contributed by atoms with Crippen LogP contribution in [0.5, 0.6) is 5.75 Å². The first-order valence-electron chi connectivity index (χ1n) is 8.73. The molecule has 1 aliphatic rings. The summed E-state index contributed by atoms with van der Waals surface area (Å²) in [5.74, 6) is -0.0527. The summed E-state index contributed by atoms with van der Waals surface area (Å²) < 4.78 is 5.56. The van der Waals surface area contributed by atoms with Gasteiger partial charge in [-0.2, -0.15) is 0 Å². The standard InChI is InChI=1S/C20H23N3O3.ClH/c21-15-7-8-17-13(11-15)3-2-6-18(17)23-19(24)9-10-26-16-5-1-4-14(12-16)20(22)25;/h1,4-5,7-8,11-12,18H,2-3,6,9-10,21H2,(H2,22,25)(H,23,24);1H. The minimum absolute atomic E-state index is 0. The number of nitrogens with two attached hydrogens (primary N) is 2. The number of nitrogens with one attached hydrogen (secondary N) is 1. The average Bonchev–Trinajstić information content (AvgIpc) is 2.62. The number of benzene rings is 2. The summed E-state index contributed by atoms with van der Waals surface area (Å²) in [7, 11) is 0. The van der Waals surface area contributed by atoms with Crippen LogP contribution in [0.4, 0.5) is 5.69 Å². The molecule has 0 fully saturated rings. The first-order chi connectivity index (χ1) is 12.5. The number of fused-ring (bicyclic) bond motifs is 1. The van der Waals surface area contributed by atoms with E-state index in [4.69, 9.17) is 16.2 Å². The summed E-state index contributed by atoms with van der Waals surface area (Å²) in [6, 6.07) is 12.5. The van der Waals surface area contributed by atoms with E-state index in [1.807, 2.05) is 18.2 Å². The van der Waals surface area contributed by atoms with Crippen molar-refractivity contribution in [2.45, 2.75) is 31.7 Å². The zero-order valence-electron chi connectivity index (χ0n) is 14.9. The predicted molar refractivity (Wildman–Crippen MR) is 107 cm³/mol. The number of rotatable bonds is 6. The van der Waals surface area contributed by atoms with Crippen LogP contribution in [0.2, 0.25) is 0 Å². The van der Waals surface area contributed by atoms with Gasteiger partial charge >= 0.3 is 0 Å². The lowest BCUT2D eigenvalue weighted by Gasteiger charge is -2.26. The zero-order valence-corrected chi connectivity index (χ0v) is 15.8. The summed E-state index contributed by atoms with van der Waals surface area (Å²) in [5.41, 5.74) is 14.6. The number of amides is 2. The largest absolute Gasteiger partial charge is 0.493 e. The van der Waals surface area contributed by atoms with Crippen LogP contribution in [0.1, 0.15) is 46.8 Å². The van der Waals surface area contributed by atoms with Crippen LogP contribution in [0.3, 0.4) is 0 Å². The van der Waals surface area contributed by atoms with Gasteiger partial charge in [-0.1, -0.05) is 12.1 Å². The number of ether oxygens (including phenoxy) is 1. The Labute approximate surface area is 164 Å². The maximum absolute atomic E-state index is 12.3. The molecule has 144 valence electrons. The van der Waals surface area contributed by atoms with Crippen LogP contribution >= 0.6 is 12.4 Å². The summed E-state index contributed by atoms with van der Waals surface area (Å²) in [6.07, 6.45) is 3.18. The molecule has 2 amide bonds. The number of halogens is 1. The van der Waals surface area contributed by atoms with E-state index in [0.717, 1.165) is 30.5 Å². The minimum atomic E-state index is -0.509. The number of anilines is 1. The van der Waals surface area contributed by atoms with Crippen LogP contribution in [-0.2, 0) is 11.2 Å². The van der Waals surface area contributed by atoms with E-state index < -0.39 is 5.91 Å². The van der Waals surface area contributed by atoms with E-state index in [1.165, 1.54) is 5.56 Å². The summed E-state index contributed by atoms with van der Waals surface area (Å²) in [5, 5.41) is 3.08. The molecule has 1 aliphatic carbocycles. The van der Waals surface area contributed by atoms with Crippen LogP contribution < -0.4 is 21.5 Å². The van der Waals surface area contributed by atoms with Gasteiger partial charge in [-0.3, -0.25) is 9.59 Å². The first kappa shape index (κ1) is 20.6. The highest BCUT2D eigenvalue weighted by molar-refractivity contribution is 5.93. The molecule has 1 unspecified atom stereocenters. The molecule has 0 saturated heterocycles. The van der Waals surface area contributed by atoms with Gasteiger partial charge in [0.15, 0.2) is 0 Å². The summed E-state index contributed by atoms with van der Waals surface area (Å²) in [4.78, 5) is 23.4. The maximum Gasteiger partial charge on any atom is 0.248 e. The van der Waals surface area contributed by atoms with Gasteiger partial charge in [0.25, 0.3) is 0 Å².